The van der Waals surface area contributed by atoms with E-state index in [2.05, 4.69) is 0 Å². The molecule has 18 heavy (non-hydrogen) atoms. The highest BCUT2D eigenvalue weighted by molar-refractivity contribution is 5.89. The zero-order chi connectivity index (χ0) is 13.0. The van der Waals surface area contributed by atoms with Gasteiger partial charge < -0.3 is 9.84 Å². The van der Waals surface area contributed by atoms with Crippen LogP contribution in [-0.4, -0.2) is 11.1 Å². The van der Waals surface area contributed by atoms with Gasteiger partial charge in [0.1, 0.15) is 18.2 Å². The van der Waals surface area contributed by atoms with E-state index in [-0.39, 0.29) is 18.0 Å². The number of aromatic carboxylic acids is 1. The Hall–Kier alpha value is -2.36. The Balaban J connectivity index is 2.13. The van der Waals surface area contributed by atoms with Gasteiger partial charge >= 0.3 is 5.97 Å². The zero-order valence-electron chi connectivity index (χ0n) is 9.47. The lowest BCUT2D eigenvalue weighted by atomic mass is 10.1. The van der Waals surface area contributed by atoms with Crippen molar-refractivity contribution in [3.63, 3.8) is 0 Å². The van der Waals surface area contributed by atoms with Gasteiger partial charge in [-0.3, -0.25) is 0 Å². The summed E-state index contributed by atoms with van der Waals surface area (Å²) in [5.41, 5.74) is 0.739. The summed E-state index contributed by atoms with van der Waals surface area (Å²) in [6, 6.07) is 12.3. The number of carbonyl (C=O) groups is 1. The van der Waals surface area contributed by atoms with Crippen LogP contribution >= 0.6 is 0 Å². The molecule has 0 heterocycles. The minimum atomic E-state index is -1.01. The van der Waals surface area contributed by atoms with E-state index in [0.29, 0.717) is 11.3 Å². The lowest BCUT2D eigenvalue weighted by Gasteiger charge is -2.08. The third kappa shape index (κ3) is 2.85. The summed E-state index contributed by atoms with van der Waals surface area (Å²) in [7, 11) is 0. The molecule has 4 heteroatoms. The smallest absolute Gasteiger partial charge is 0.336 e. The molecule has 0 atom stereocenters. The number of halogens is 1. The highest BCUT2D eigenvalue weighted by Crippen LogP contribution is 2.16. The van der Waals surface area contributed by atoms with Gasteiger partial charge in [-0.2, -0.15) is 0 Å². The molecule has 92 valence electrons. The van der Waals surface area contributed by atoms with Gasteiger partial charge in [0.2, 0.25) is 0 Å². The molecule has 0 saturated heterocycles. The predicted molar refractivity (Wildman–Crippen MR) is 64.1 cm³/mol. The van der Waals surface area contributed by atoms with Crippen molar-refractivity contribution >= 4 is 5.97 Å². The summed E-state index contributed by atoms with van der Waals surface area (Å²) in [6.07, 6.45) is 0. The van der Waals surface area contributed by atoms with Crippen molar-refractivity contribution in [2.45, 2.75) is 6.61 Å². The number of ether oxygens (including phenoxy) is 1. The number of carboxylic acids is 1. The second kappa shape index (κ2) is 5.31. The highest BCUT2D eigenvalue weighted by atomic mass is 19.1. The molecule has 2 rings (SSSR count). The third-order valence-electron chi connectivity index (χ3n) is 2.44. The van der Waals surface area contributed by atoms with E-state index in [9.17, 15) is 9.18 Å². The summed E-state index contributed by atoms with van der Waals surface area (Å²) in [4.78, 5) is 11.0. The maximum atomic E-state index is 12.9. The average molecular weight is 246 g/mol. The van der Waals surface area contributed by atoms with Crippen LogP contribution in [0.15, 0.2) is 48.5 Å². The Kier molecular flexibility index (Phi) is 3.57. The van der Waals surface area contributed by atoms with Crippen LogP contribution in [0.4, 0.5) is 4.39 Å². The van der Waals surface area contributed by atoms with E-state index in [0.717, 1.165) is 0 Å². The van der Waals surface area contributed by atoms with E-state index in [1.165, 1.54) is 24.3 Å². The fraction of sp³-hybridized carbons (Fsp3) is 0.0714. The number of benzene rings is 2. The molecular weight excluding hydrogens is 235 g/mol. The Morgan fingerprint density at radius 2 is 1.94 bits per heavy atom. The Morgan fingerprint density at radius 1 is 1.17 bits per heavy atom. The van der Waals surface area contributed by atoms with Gasteiger partial charge in [-0.15, -0.1) is 0 Å². The summed E-state index contributed by atoms with van der Waals surface area (Å²) in [5, 5.41) is 8.99. The maximum absolute atomic E-state index is 12.9. The van der Waals surface area contributed by atoms with Gasteiger partial charge in [0, 0.05) is 11.6 Å². The summed E-state index contributed by atoms with van der Waals surface area (Å²) in [5.74, 6) is -1.03. The minimum Gasteiger partial charge on any atom is -0.489 e. The van der Waals surface area contributed by atoms with E-state index < -0.39 is 5.97 Å². The van der Waals surface area contributed by atoms with E-state index in [1.54, 1.807) is 24.3 Å². The first-order valence-electron chi connectivity index (χ1n) is 5.36. The molecule has 2 aromatic rings. The van der Waals surface area contributed by atoms with Crippen molar-refractivity contribution in [1.29, 1.82) is 0 Å². The normalized spacial score (nSPS) is 10.1. The molecule has 0 unspecified atom stereocenters. The third-order valence-corrected chi connectivity index (χ3v) is 2.44. The standard InChI is InChI=1S/C14H11FO3/c15-11-5-3-6-12(8-11)18-9-10-4-1-2-7-13(10)14(16)17/h1-8H,9H2,(H,16,17). The van der Waals surface area contributed by atoms with Crippen LogP contribution in [0.1, 0.15) is 15.9 Å². The number of carboxylic acid groups (broad SMARTS) is 1. The summed E-state index contributed by atoms with van der Waals surface area (Å²) in [6.45, 7) is 0.0892. The first-order valence-corrected chi connectivity index (χ1v) is 5.36. The predicted octanol–water partition coefficient (Wildman–Crippen LogP) is 3.10. The molecule has 0 aromatic heterocycles. The van der Waals surface area contributed by atoms with Crippen molar-refractivity contribution < 1.29 is 19.0 Å². The number of rotatable bonds is 4. The second-order valence-corrected chi connectivity index (χ2v) is 3.71. The van der Waals surface area contributed by atoms with Crippen molar-refractivity contribution in [2.24, 2.45) is 0 Å². The van der Waals surface area contributed by atoms with E-state index in [4.69, 9.17) is 9.84 Å². The maximum Gasteiger partial charge on any atom is 0.336 e. The van der Waals surface area contributed by atoms with Crippen LogP contribution in [0.25, 0.3) is 0 Å². The molecule has 2 aromatic carbocycles. The molecule has 0 fully saturated rings. The zero-order valence-corrected chi connectivity index (χ0v) is 9.47. The lowest BCUT2D eigenvalue weighted by molar-refractivity contribution is 0.0694. The van der Waals surface area contributed by atoms with Gasteiger partial charge in [-0.05, 0) is 18.2 Å². The largest absolute Gasteiger partial charge is 0.489 e. The monoisotopic (exact) mass is 246 g/mol. The summed E-state index contributed by atoms with van der Waals surface area (Å²) < 4.78 is 18.3. The molecule has 3 nitrogen and oxygen atoms in total. The highest BCUT2D eigenvalue weighted by Gasteiger charge is 2.09. The van der Waals surface area contributed by atoms with Gasteiger partial charge in [-0.1, -0.05) is 24.3 Å². The average Bonchev–Trinajstić information content (AvgIpc) is 2.37. The Labute approximate surface area is 103 Å². The van der Waals surface area contributed by atoms with Crippen molar-refractivity contribution in [3.05, 3.63) is 65.5 Å². The van der Waals surface area contributed by atoms with Gasteiger partial charge in [-0.25, -0.2) is 9.18 Å². The van der Waals surface area contributed by atoms with Gasteiger partial charge in [0.15, 0.2) is 0 Å². The molecule has 0 radical (unpaired) electrons. The molecule has 0 aliphatic carbocycles. The van der Waals surface area contributed by atoms with Crippen molar-refractivity contribution in [3.8, 4) is 5.75 Å². The van der Waals surface area contributed by atoms with Crippen molar-refractivity contribution in [1.82, 2.24) is 0 Å². The second-order valence-electron chi connectivity index (χ2n) is 3.71. The summed E-state index contributed by atoms with van der Waals surface area (Å²) >= 11 is 0. The fourth-order valence-electron chi connectivity index (χ4n) is 1.57. The molecule has 0 bridgehead atoms. The lowest BCUT2D eigenvalue weighted by Crippen LogP contribution is -2.05. The fourth-order valence-corrected chi connectivity index (χ4v) is 1.57. The van der Waals surface area contributed by atoms with Crippen molar-refractivity contribution in [2.75, 3.05) is 0 Å². The quantitative estimate of drug-likeness (QED) is 0.901. The molecule has 1 N–H and O–H groups in total. The number of hydrogen-bond donors (Lipinski definition) is 1. The van der Waals surface area contributed by atoms with Crippen LogP contribution in [0, 0.1) is 5.82 Å². The van der Waals surface area contributed by atoms with Gasteiger partial charge in [0.05, 0.1) is 5.56 Å². The van der Waals surface area contributed by atoms with E-state index >= 15 is 0 Å². The van der Waals surface area contributed by atoms with E-state index in [1.807, 2.05) is 0 Å². The molecule has 0 aliphatic heterocycles. The van der Waals surface area contributed by atoms with Crippen LogP contribution in [0.3, 0.4) is 0 Å². The number of hydrogen-bond acceptors (Lipinski definition) is 2. The minimum absolute atomic E-state index is 0.0892. The van der Waals surface area contributed by atoms with Crippen LogP contribution in [-0.2, 0) is 6.61 Å². The SMILES string of the molecule is O=C(O)c1ccccc1COc1cccc(F)c1. The molecule has 0 saturated carbocycles. The van der Waals surface area contributed by atoms with Crippen LogP contribution in [0.5, 0.6) is 5.75 Å². The Bertz CT molecular complexity index is 566. The molecule has 0 aliphatic rings. The molecule has 0 amide bonds. The van der Waals surface area contributed by atoms with Crippen LogP contribution < -0.4 is 4.74 Å². The molecular formula is C14H11FO3. The topological polar surface area (TPSA) is 46.5 Å². The Morgan fingerprint density at radius 3 is 2.67 bits per heavy atom. The first kappa shape index (κ1) is 12.1. The molecule has 0 spiro atoms. The van der Waals surface area contributed by atoms with Crippen LogP contribution in [0.2, 0.25) is 0 Å². The first-order chi connectivity index (χ1) is 8.66. The van der Waals surface area contributed by atoms with Gasteiger partial charge in [0.25, 0.3) is 0 Å².